The number of halogens is 1. The zero-order chi connectivity index (χ0) is 19.4. The van der Waals surface area contributed by atoms with Gasteiger partial charge < -0.3 is 10.2 Å². The van der Waals surface area contributed by atoms with Gasteiger partial charge in [-0.25, -0.2) is 13.1 Å². The second-order valence-corrected chi connectivity index (χ2v) is 9.25. The van der Waals surface area contributed by atoms with E-state index in [0.29, 0.717) is 18.1 Å². The number of amides is 2. The summed E-state index contributed by atoms with van der Waals surface area (Å²) in [6.07, 6.45) is 3.54. The number of sulfonamides is 1. The molecule has 148 valence electrons. The molecule has 7 nitrogen and oxygen atoms in total. The van der Waals surface area contributed by atoms with Gasteiger partial charge in [0.25, 0.3) is 0 Å². The van der Waals surface area contributed by atoms with Gasteiger partial charge in [0.2, 0.25) is 21.8 Å². The van der Waals surface area contributed by atoms with Crippen molar-refractivity contribution in [3.05, 3.63) is 29.3 Å². The molecule has 1 saturated heterocycles. The second kappa shape index (κ2) is 8.58. The van der Waals surface area contributed by atoms with Crippen LogP contribution >= 0.6 is 11.6 Å². The molecule has 2 N–H and O–H groups in total. The summed E-state index contributed by atoms with van der Waals surface area (Å²) >= 11 is 5.76. The van der Waals surface area contributed by atoms with Gasteiger partial charge in [0.15, 0.2) is 0 Å². The Morgan fingerprint density at radius 1 is 1.07 bits per heavy atom. The molecule has 1 aliphatic carbocycles. The van der Waals surface area contributed by atoms with E-state index in [1.54, 1.807) is 0 Å². The third-order valence-corrected chi connectivity index (χ3v) is 6.60. The van der Waals surface area contributed by atoms with E-state index < -0.39 is 10.0 Å². The Labute approximate surface area is 164 Å². The van der Waals surface area contributed by atoms with Crippen molar-refractivity contribution >= 4 is 33.4 Å². The minimum atomic E-state index is -3.66. The first kappa shape index (κ1) is 20.1. The van der Waals surface area contributed by atoms with Gasteiger partial charge in [-0.2, -0.15) is 0 Å². The van der Waals surface area contributed by atoms with Crippen molar-refractivity contribution in [2.75, 3.05) is 19.6 Å². The minimum Gasteiger partial charge on any atom is -0.353 e. The molecule has 1 aromatic rings. The van der Waals surface area contributed by atoms with E-state index >= 15 is 0 Å². The lowest BCUT2D eigenvalue weighted by Crippen LogP contribution is -2.47. The highest BCUT2D eigenvalue weighted by Crippen LogP contribution is 2.31. The highest BCUT2D eigenvalue weighted by Gasteiger charge is 2.35. The Morgan fingerprint density at radius 3 is 2.30 bits per heavy atom. The van der Waals surface area contributed by atoms with Gasteiger partial charge in [0, 0.05) is 43.0 Å². The predicted octanol–water partition coefficient (Wildman–Crippen LogP) is 1.53. The van der Waals surface area contributed by atoms with E-state index in [1.807, 2.05) is 4.90 Å². The van der Waals surface area contributed by atoms with Gasteiger partial charge in [0.1, 0.15) is 0 Å². The van der Waals surface area contributed by atoms with Crippen LogP contribution in [0, 0.1) is 5.92 Å². The monoisotopic (exact) mass is 413 g/mol. The quantitative estimate of drug-likeness (QED) is 0.708. The summed E-state index contributed by atoms with van der Waals surface area (Å²) in [5, 5.41) is 3.38. The molecule has 1 heterocycles. The van der Waals surface area contributed by atoms with Gasteiger partial charge in [-0.05, 0) is 49.9 Å². The van der Waals surface area contributed by atoms with E-state index in [0.717, 1.165) is 25.7 Å². The topological polar surface area (TPSA) is 95.6 Å². The summed E-state index contributed by atoms with van der Waals surface area (Å²) in [7, 11) is -3.66. The average Bonchev–Trinajstić information content (AvgIpc) is 3.47. The number of carbonyl (C=O) groups is 2. The summed E-state index contributed by atoms with van der Waals surface area (Å²) in [5.74, 6) is 0.280. The Bertz CT molecular complexity index is 785. The van der Waals surface area contributed by atoms with Crippen LogP contribution in [0.4, 0.5) is 0 Å². The molecule has 2 amide bonds. The molecular weight excluding hydrogens is 390 g/mol. The van der Waals surface area contributed by atoms with Gasteiger partial charge in [-0.3, -0.25) is 9.59 Å². The lowest BCUT2D eigenvalue weighted by molar-refractivity contribution is -0.133. The number of benzene rings is 1. The predicted molar refractivity (Wildman–Crippen MR) is 102 cm³/mol. The Morgan fingerprint density at radius 2 is 1.70 bits per heavy atom. The number of rotatable bonds is 7. The van der Waals surface area contributed by atoms with E-state index in [9.17, 15) is 18.0 Å². The van der Waals surface area contributed by atoms with Crippen LogP contribution in [0.1, 0.15) is 32.1 Å². The molecule has 1 aliphatic heterocycles. The van der Waals surface area contributed by atoms with E-state index in [2.05, 4.69) is 10.0 Å². The number of piperidine rings is 1. The fourth-order valence-corrected chi connectivity index (χ4v) is 4.29. The number of hydrogen-bond acceptors (Lipinski definition) is 4. The number of nitrogens with zero attached hydrogens (tertiary/aromatic N) is 1. The molecule has 1 aromatic carbocycles. The maximum atomic E-state index is 12.2. The van der Waals surface area contributed by atoms with Crippen molar-refractivity contribution in [3.63, 3.8) is 0 Å². The third kappa shape index (κ3) is 5.67. The zero-order valence-corrected chi connectivity index (χ0v) is 16.6. The molecule has 0 aromatic heterocycles. The van der Waals surface area contributed by atoms with Crippen LogP contribution in [0.15, 0.2) is 29.2 Å². The number of hydrogen-bond donors (Lipinski definition) is 2. The van der Waals surface area contributed by atoms with Crippen molar-refractivity contribution in [1.82, 2.24) is 14.9 Å². The average molecular weight is 414 g/mol. The van der Waals surface area contributed by atoms with Crippen LogP contribution in [0.25, 0.3) is 0 Å². The van der Waals surface area contributed by atoms with Gasteiger partial charge in [-0.15, -0.1) is 0 Å². The fraction of sp³-hybridized carbons (Fsp3) is 0.556. The maximum Gasteiger partial charge on any atom is 0.240 e. The first-order valence-corrected chi connectivity index (χ1v) is 11.0. The number of nitrogens with one attached hydrogen (secondary N) is 2. The molecule has 2 aliphatic rings. The molecule has 1 saturated carbocycles. The molecule has 2 fully saturated rings. The number of likely N-dealkylation sites (tertiary alicyclic amines) is 1. The lowest BCUT2D eigenvalue weighted by Gasteiger charge is -2.32. The summed E-state index contributed by atoms with van der Waals surface area (Å²) in [6, 6.07) is 5.88. The summed E-state index contributed by atoms with van der Waals surface area (Å²) in [4.78, 5) is 26.1. The van der Waals surface area contributed by atoms with E-state index in [1.165, 1.54) is 24.3 Å². The third-order valence-electron chi connectivity index (χ3n) is 4.87. The molecule has 3 rings (SSSR count). The largest absolute Gasteiger partial charge is 0.353 e. The van der Waals surface area contributed by atoms with Gasteiger partial charge in [0.05, 0.1) is 4.90 Å². The van der Waals surface area contributed by atoms with Crippen LogP contribution in [-0.4, -0.2) is 50.8 Å². The fourth-order valence-electron chi connectivity index (χ4n) is 3.13. The normalized spacial score (nSPS) is 18.3. The van der Waals surface area contributed by atoms with E-state index in [-0.39, 0.29) is 41.6 Å². The molecular formula is C18H24ClN3O4S. The molecule has 27 heavy (non-hydrogen) atoms. The SMILES string of the molecule is O=C(CCNS(=O)(=O)c1ccc(Cl)cc1)NC1CCN(C(=O)C2CC2)CC1. The number of carbonyl (C=O) groups excluding carboxylic acids is 2. The second-order valence-electron chi connectivity index (χ2n) is 7.04. The Hall–Kier alpha value is -1.64. The Kier molecular flexibility index (Phi) is 6.39. The molecule has 9 heteroatoms. The summed E-state index contributed by atoms with van der Waals surface area (Å²) in [5.41, 5.74) is 0. The molecule has 0 radical (unpaired) electrons. The van der Waals surface area contributed by atoms with Crippen molar-refractivity contribution in [2.45, 2.75) is 43.0 Å². The minimum absolute atomic E-state index is 0.0236. The van der Waals surface area contributed by atoms with E-state index in [4.69, 9.17) is 11.6 Å². The standard InChI is InChI=1S/C18H24ClN3O4S/c19-14-3-5-16(6-4-14)27(25,26)20-10-7-17(23)21-15-8-11-22(12-9-15)18(24)13-1-2-13/h3-6,13,15,20H,1-2,7-12H2,(H,21,23). The van der Waals surface area contributed by atoms with Crippen LogP contribution in [0.3, 0.4) is 0 Å². The van der Waals surface area contributed by atoms with Crippen LogP contribution in [0.2, 0.25) is 5.02 Å². The van der Waals surface area contributed by atoms with Crippen LogP contribution in [-0.2, 0) is 19.6 Å². The van der Waals surface area contributed by atoms with Crippen molar-refractivity contribution in [2.24, 2.45) is 5.92 Å². The Balaban J connectivity index is 1.37. The summed E-state index contributed by atoms with van der Waals surface area (Å²) < 4.78 is 26.7. The highest BCUT2D eigenvalue weighted by atomic mass is 35.5. The molecule has 0 bridgehead atoms. The van der Waals surface area contributed by atoms with Crippen LogP contribution in [0.5, 0.6) is 0 Å². The first-order chi connectivity index (χ1) is 12.8. The van der Waals surface area contributed by atoms with Gasteiger partial charge >= 0.3 is 0 Å². The van der Waals surface area contributed by atoms with Crippen molar-refractivity contribution < 1.29 is 18.0 Å². The van der Waals surface area contributed by atoms with Crippen molar-refractivity contribution in [1.29, 1.82) is 0 Å². The molecule has 0 atom stereocenters. The smallest absolute Gasteiger partial charge is 0.240 e. The molecule has 0 unspecified atom stereocenters. The summed E-state index contributed by atoms with van der Waals surface area (Å²) in [6.45, 7) is 1.36. The van der Waals surface area contributed by atoms with Crippen LogP contribution < -0.4 is 10.0 Å². The lowest BCUT2D eigenvalue weighted by atomic mass is 10.0. The van der Waals surface area contributed by atoms with Gasteiger partial charge in [-0.1, -0.05) is 11.6 Å². The molecule has 0 spiro atoms. The van der Waals surface area contributed by atoms with Crippen molar-refractivity contribution in [3.8, 4) is 0 Å². The first-order valence-electron chi connectivity index (χ1n) is 9.18. The zero-order valence-electron chi connectivity index (χ0n) is 15.0. The highest BCUT2D eigenvalue weighted by molar-refractivity contribution is 7.89. The maximum absolute atomic E-state index is 12.2.